The van der Waals surface area contributed by atoms with E-state index in [0.29, 0.717) is 0 Å². The molecule has 0 bridgehead atoms. The molecule has 0 amide bonds. The molecule has 1 aliphatic heterocycles. The highest BCUT2D eigenvalue weighted by Gasteiger charge is 2.58. The van der Waals surface area contributed by atoms with Gasteiger partial charge >= 0.3 is 5.92 Å². The van der Waals surface area contributed by atoms with Crippen molar-refractivity contribution < 1.29 is 23.7 Å². The highest BCUT2D eigenvalue weighted by molar-refractivity contribution is 5.88. The van der Waals surface area contributed by atoms with Gasteiger partial charge in [-0.05, 0) is 6.08 Å². The van der Waals surface area contributed by atoms with Crippen molar-refractivity contribution in [2.24, 2.45) is 5.73 Å². The third-order valence-corrected chi connectivity index (χ3v) is 2.10. The van der Waals surface area contributed by atoms with Crippen LogP contribution in [0.1, 0.15) is 0 Å². The predicted molar refractivity (Wildman–Crippen MR) is 50.9 cm³/mol. The van der Waals surface area contributed by atoms with Gasteiger partial charge in [-0.1, -0.05) is 0 Å². The minimum atomic E-state index is -3.52. The van der Waals surface area contributed by atoms with Gasteiger partial charge in [0.05, 0.1) is 6.61 Å². The lowest BCUT2D eigenvalue weighted by atomic mass is 10.1. The Hall–Kier alpha value is -1.25. The Morgan fingerprint density at radius 3 is 2.69 bits per heavy atom. The maximum absolute atomic E-state index is 13.3. The van der Waals surface area contributed by atoms with E-state index in [9.17, 15) is 8.78 Å². The van der Waals surface area contributed by atoms with E-state index < -0.39 is 31.0 Å². The molecule has 92 valence electrons. The van der Waals surface area contributed by atoms with Crippen LogP contribution >= 0.6 is 0 Å². The zero-order valence-corrected chi connectivity index (χ0v) is 8.23. The normalized spacial score (nSPS) is 33.1. The highest BCUT2D eigenvalue weighted by atomic mass is 19.3. The second kappa shape index (κ2) is 4.73. The Kier molecular flexibility index (Phi) is 3.79. The number of hydrogen-bond donors (Lipinski definition) is 5. The number of alkyl halides is 2. The number of halogens is 2. The van der Waals surface area contributed by atoms with E-state index in [0.717, 1.165) is 12.3 Å². The van der Waals surface area contributed by atoms with Gasteiger partial charge in [0, 0.05) is 6.20 Å². The number of nitrogens with one attached hydrogen (secondary N) is 2. The summed E-state index contributed by atoms with van der Waals surface area (Å²) in [6, 6.07) is 0. The van der Waals surface area contributed by atoms with Gasteiger partial charge in [0.2, 0.25) is 0 Å². The van der Waals surface area contributed by atoms with Gasteiger partial charge < -0.3 is 26.0 Å². The van der Waals surface area contributed by atoms with E-state index in [1.165, 1.54) is 0 Å². The van der Waals surface area contributed by atoms with Gasteiger partial charge in [0.1, 0.15) is 11.9 Å². The van der Waals surface area contributed by atoms with Gasteiger partial charge in [0.15, 0.2) is 12.3 Å². The van der Waals surface area contributed by atoms with Crippen LogP contribution in [0.4, 0.5) is 8.78 Å². The summed E-state index contributed by atoms with van der Waals surface area (Å²) in [5, 5.41) is 26.8. The van der Waals surface area contributed by atoms with E-state index in [1.807, 2.05) is 0 Å². The number of aliphatic hydroxyl groups excluding tert-OH is 2. The fourth-order valence-electron chi connectivity index (χ4n) is 1.26. The first-order valence-electron chi connectivity index (χ1n) is 4.48. The van der Waals surface area contributed by atoms with Crippen molar-refractivity contribution in [3.8, 4) is 0 Å². The Morgan fingerprint density at radius 1 is 1.62 bits per heavy atom. The highest BCUT2D eigenvalue weighted by Crippen LogP contribution is 2.34. The molecule has 1 saturated heterocycles. The van der Waals surface area contributed by atoms with Crippen molar-refractivity contribution in [2.45, 2.75) is 24.4 Å². The van der Waals surface area contributed by atoms with E-state index >= 15 is 0 Å². The first kappa shape index (κ1) is 12.8. The molecule has 0 aromatic rings. The lowest BCUT2D eigenvalue weighted by Crippen LogP contribution is -2.45. The van der Waals surface area contributed by atoms with Crippen molar-refractivity contribution in [1.82, 2.24) is 5.32 Å². The van der Waals surface area contributed by atoms with Gasteiger partial charge in [-0.3, -0.25) is 5.41 Å². The van der Waals surface area contributed by atoms with Gasteiger partial charge in [-0.25, -0.2) is 0 Å². The van der Waals surface area contributed by atoms with Crippen LogP contribution in [0.25, 0.3) is 0 Å². The molecule has 0 aliphatic carbocycles. The average Bonchev–Trinajstić information content (AvgIpc) is 2.41. The van der Waals surface area contributed by atoms with Crippen molar-refractivity contribution in [3.63, 3.8) is 0 Å². The lowest BCUT2D eigenvalue weighted by Gasteiger charge is -2.19. The van der Waals surface area contributed by atoms with Crippen molar-refractivity contribution in [2.75, 3.05) is 6.61 Å². The van der Waals surface area contributed by atoms with Gasteiger partial charge in [0.25, 0.3) is 0 Å². The predicted octanol–water partition coefficient (Wildman–Crippen LogP) is -1.26. The number of aliphatic hydroxyl groups is 2. The Bertz CT molecular complexity index is 298. The Morgan fingerprint density at radius 2 is 2.25 bits per heavy atom. The molecule has 1 fully saturated rings. The number of ether oxygens (including phenoxy) is 1. The quantitative estimate of drug-likeness (QED) is 0.309. The minimum Gasteiger partial charge on any atom is -0.394 e. The first-order valence-corrected chi connectivity index (χ1v) is 4.48. The van der Waals surface area contributed by atoms with Crippen LogP contribution in [0.5, 0.6) is 0 Å². The summed E-state index contributed by atoms with van der Waals surface area (Å²) in [5.74, 6) is -3.83. The maximum Gasteiger partial charge on any atom is 0.319 e. The second-order valence-electron chi connectivity index (χ2n) is 3.31. The van der Waals surface area contributed by atoms with Gasteiger partial charge in [-0.15, -0.1) is 0 Å². The molecule has 0 saturated carbocycles. The fourth-order valence-corrected chi connectivity index (χ4v) is 1.26. The molecule has 1 aliphatic rings. The molecule has 0 aromatic carbocycles. The number of hydrogen-bond acceptors (Lipinski definition) is 5. The molecular weight excluding hydrogens is 224 g/mol. The Labute approximate surface area is 90.2 Å². The van der Waals surface area contributed by atoms with Crippen LogP contribution in [0.15, 0.2) is 12.3 Å². The third kappa shape index (κ3) is 2.46. The summed E-state index contributed by atoms with van der Waals surface area (Å²) in [4.78, 5) is 0. The number of amidine groups is 1. The summed E-state index contributed by atoms with van der Waals surface area (Å²) in [5.41, 5.74) is 4.96. The monoisotopic (exact) mass is 237 g/mol. The Balaban J connectivity index is 2.64. The average molecular weight is 237 g/mol. The van der Waals surface area contributed by atoms with Crippen LogP contribution < -0.4 is 11.1 Å². The molecule has 1 heterocycles. The SMILES string of the molecule is N=C(N)/C=C\N[C@@H]1O[C@H](CO)C(O)C1(F)F. The van der Waals surface area contributed by atoms with E-state index in [1.54, 1.807) is 0 Å². The van der Waals surface area contributed by atoms with Crippen LogP contribution in [0.3, 0.4) is 0 Å². The molecule has 3 atom stereocenters. The van der Waals surface area contributed by atoms with Crippen LogP contribution in [-0.2, 0) is 4.74 Å². The van der Waals surface area contributed by atoms with Crippen LogP contribution in [0.2, 0.25) is 0 Å². The van der Waals surface area contributed by atoms with Crippen molar-refractivity contribution in [1.29, 1.82) is 5.41 Å². The molecular formula is C8H13F2N3O3. The molecule has 8 heteroatoms. The van der Waals surface area contributed by atoms with Gasteiger partial charge in [-0.2, -0.15) is 8.78 Å². The van der Waals surface area contributed by atoms with E-state index in [-0.39, 0.29) is 5.84 Å². The molecule has 6 nitrogen and oxygen atoms in total. The summed E-state index contributed by atoms with van der Waals surface area (Å²) in [6.07, 6.45) is -3.08. The van der Waals surface area contributed by atoms with Crippen molar-refractivity contribution in [3.05, 3.63) is 12.3 Å². The topological polar surface area (TPSA) is 112 Å². The molecule has 1 rings (SSSR count). The van der Waals surface area contributed by atoms with Crippen LogP contribution in [0, 0.1) is 5.41 Å². The molecule has 6 N–H and O–H groups in total. The molecule has 16 heavy (non-hydrogen) atoms. The maximum atomic E-state index is 13.3. The molecule has 0 aromatic heterocycles. The lowest BCUT2D eigenvalue weighted by molar-refractivity contribution is -0.117. The largest absolute Gasteiger partial charge is 0.394 e. The van der Waals surface area contributed by atoms with Crippen molar-refractivity contribution >= 4 is 5.84 Å². The summed E-state index contributed by atoms with van der Waals surface area (Å²) >= 11 is 0. The first-order chi connectivity index (χ1) is 7.39. The minimum absolute atomic E-state index is 0.312. The summed E-state index contributed by atoms with van der Waals surface area (Å²) < 4.78 is 31.3. The van der Waals surface area contributed by atoms with E-state index in [2.05, 4.69) is 5.32 Å². The second-order valence-corrected chi connectivity index (χ2v) is 3.31. The summed E-state index contributed by atoms with van der Waals surface area (Å²) in [6.45, 7) is -0.703. The molecule has 0 spiro atoms. The zero-order chi connectivity index (χ0) is 12.3. The zero-order valence-electron chi connectivity index (χ0n) is 8.23. The smallest absolute Gasteiger partial charge is 0.319 e. The van der Waals surface area contributed by atoms with Crippen LogP contribution in [-0.4, -0.2) is 47.0 Å². The number of nitrogens with two attached hydrogens (primary N) is 1. The molecule has 0 radical (unpaired) electrons. The standard InChI is InChI=1S/C8H13F2N3O3/c9-8(10)6(15)4(3-14)16-7(8)13-2-1-5(11)12/h1-2,4,6-7,13-15H,3H2,(H3,11,12)/b2-1-/t4-,6?,7-/m1/s1. The van der Waals surface area contributed by atoms with E-state index in [4.69, 9.17) is 26.1 Å². The number of rotatable bonds is 4. The third-order valence-electron chi connectivity index (χ3n) is 2.10. The fraction of sp³-hybridized carbons (Fsp3) is 0.625. The summed E-state index contributed by atoms with van der Waals surface area (Å²) in [7, 11) is 0. The molecule has 1 unspecified atom stereocenters.